The Morgan fingerprint density at radius 1 is 0.198 bits per heavy atom. The average Bonchev–Trinajstić information content (AvgIpc) is 0.907. The van der Waals surface area contributed by atoms with Gasteiger partial charge in [0.15, 0.2) is 0 Å². The number of nitrogens with one attached hydrogen (secondary N) is 8. The molecule has 8 aromatic carbocycles. The molecule has 0 fully saturated rings. The van der Waals surface area contributed by atoms with Crippen LogP contribution in [0.25, 0.3) is 0 Å². The Bertz CT molecular complexity index is 3070. The van der Waals surface area contributed by atoms with Gasteiger partial charge >= 0.3 is 24.1 Å². The van der Waals surface area contributed by atoms with Crippen LogP contribution >= 0.6 is 0 Å². The van der Waals surface area contributed by atoms with Crippen LogP contribution in [0.2, 0.25) is 0 Å². The summed E-state index contributed by atoms with van der Waals surface area (Å²) >= 11 is 0. The first kappa shape index (κ1) is 103. The lowest BCUT2D eigenvalue weighted by atomic mass is 10.1. The fraction of sp³-hybridized carbons (Fsp3) is 0.435. The van der Waals surface area contributed by atoms with Crippen LogP contribution in [0.5, 0.6) is 46.0 Å². The third kappa shape index (κ3) is 43.5. The zero-order chi connectivity index (χ0) is 83.5. The van der Waals surface area contributed by atoms with Gasteiger partial charge in [0.1, 0.15) is 46.0 Å². The number of quaternary nitrogens is 2. The van der Waals surface area contributed by atoms with Gasteiger partial charge in [-0.15, -0.1) is 0 Å². The number of urea groups is 4. The summed E-state index contributed by atoms with van der Waals surface area (Å²) in [5.41, 5.74) is 5.53. The van der Waals surface area contributed by atoms with Crippen LogP contribution < -0.4 is 89.8 Å². The van der Waals surface area contributed by atoms with Crippen LogP contribution in [0.15, 0.2) is 194 Å². The van der Waals surface area contributed by atoms with E-state index in [-0.39, 0.29) is 33.5 Å². The Morgan fingerprint density at radius 3 is 0.371 bits per heavy atom. The maximum Gasteiger partial charge on any atom is 0.323 e. The van der Waals surface area contributed by atoms with E-state index < -0.39 is 0 Å². The number of hydrogen-bond donors (Lipinski definition) is 8. The predicted octanol–water partition coefficient (Wildman–Crippen LogP) is 17.4. The molecule has 24 heteroatoms. The Morgan fingerprint density at radius 2 is 0.293 bits per heavy atom. The molecule has 8 amide bonds. The maximum absolute atomic E-state index is 11.8. The number of carbonyl (C=O) groups excluding carboxylic acids is 4. The van der Waals surface area contributed by atoms with Gasteiger partial charge in [-0.2, -0.15) is 0 Å². The fourth-order valence-corrected chi connectivity index (χ4v) is 11.9. The van der Waals surface area contributed by atoms with E-state index in [0.29, 0.717) is 45.5 Å². The Balaban J connectivity index is 0.000000695. The number of rotatable bonds is 40. The van der Waals surface area contributed by atoms with Crippen molar-refractivity contribution in [2.45, 2.75) is 158 Å². The highest BCUT2D eigenvalue weighted by atomic mass is 19.0. The molecule has 8 rings (SSSR count). The molecule has 0 aliphatic heterocycles. The van der Waals surface area contributed by atoms with Crippen LogP contribution in [0.4, 0.5) is 64.7 Å². The Hall–Kier alpha value is -11.0. The second-order valence-corrected chi connectivity index (χ2v) is 27.4. The summed E-state index contributed by atoms with van der Waals surface area (Å²) in [4.78, 5) is 47.2. The van der Waals surface area contributed by atoms with E-state index in [9.17, 15) is 19.2 Å². The van der Waals surface area contributed by atoms with Crippen LogP contribution in [0.3, 0.4) is 0 Å². The van der Waals surface area contributed by atoms with Crippen molar-refractivity contribution in [2.24, 2.45) is 0 Å². The zero-order valence-electron chi connectivity index (χ0n) is 72.0. The van der Waals surface area contributed by atoms with Gasteiger partial charge in [-0.3, -0.25) is 0 Å². The molecule has 22 nitrogen and oxygen atoms in total. The number of ether oxygens (including phenoxy) is 8. The van der Waals surface area contributed by atoms with E-state index in [4.69, 9.17) is 37.9 Å². The normalized spacial score (nSPS) is 10.2. The fourth-order valence-electron chi connectivity index (χ4n) is 11.9. The minimum Gasteiger partial charge on any atom is -1.00 e. The number of amides is 8. The topological polar surface area (TPSA) is 238 Å². The number of nitrogens with zero attached hydrogens (tertiary/aromatic N) is 2. The number of carbonyl (C=O) groups is 4. The van der Waals surface area contributed by atoms with Gasteiger partial charge in [0, 0.05) is 45.5 Å². The summed E-state index contributed by atoms with van der Waals surface area (Å²) in [7, 11) is 12.8. The third-order valence-electron chi connectivity index (χ3n) is 18.7. The first-order valence-corrected chi connectivity index (χ1v) is 40.5. The molecule has 0 bridgehead atoms. The maximum atomic E-state index is 11.8. The van der Waals surface area contributed by atoms with E-state index in [0.717, 1.165) is 46.0 Å². The number of hydrogen-bond acceptors (Lipinski definition) is 12. The second kappa shape index (κ2) is 62.4. The lowest BCUT2D eigenvalue weighted by Crippen LogP contribution is -3.00. The highest BCUT2D eigenvalue weighted by Gasteiger charge is 2.26. The summed E-state index contributed by atoms with van der Waals surface area (Å²) in [6.07, 6.45) is 22.1. The lowest BCUT2D eigenvalue weighted by Gasteiger charge is -2.39. The number of anilines is 8. The Labute approximate surface area is 691 Å². The second-order valence-electron chi connectivity index (χ2n) is 27.4. The molecular weight excluding hydrogens is 1480 g/mol. The summed E-state index contributed by atoms with van der Waals surface area (Å²) in [5, 5.41) is 21.9. The molecule has 0 saturated heterocycles. The first-order chi connectivity index (χ1) is 55.3. The molecule has 0 aliphatic rings. The van der Waals surface area contributed by atoms with Gasteiger partial charge in [-0.25, -0.2) is 19.2 Å². The van der Waals surface area contributed by atoms with Crippen LogP contribution in [-0.4, -0.2) is 142 Å². The quantitative estimate of drug-likeness (QED) is 0.0167. The molecule has 0 heterocycles. The molecule has 0 aliphatic carbocycles. The van der Waals surface area contributed by atoms with Crippen molar-refractivity contribution < 1.29 is 75.4 Å². The van der Waals surface area contributed by atoms with Gasteiger partial charge in [0.25, 0.3) is 0 Å². The first-order valence-electron chi connectivity index (χ1n) is 40.5. The van der Waals surface area contributed by atoms with E-state index in [2.05, 4.69) is 97.9 Å². The number of halogens is 2. The molecule has 0 unspecified atom stereocenters. The summed E-state index contributed by atoms with van der Waals surface area (Å²) in [6, 6.07) is 55.6. The van der Waals surface area contributed by atoms with E-state index in [1.807, 2.05) is 0 Å². The van der Waals surface area contributed by atoms with Crippen molar-refractivity contribution >= 4 is 69.6 Å². The minimum atomic E-state index is -0.305. The van der Waals surface area contributed by atoms with Gasteiger partial charge < -0.3 is 98.8 Å². The summed E-state index contributed by atoms with van der Waals surface area (Å²) in [6.45, 7) is 30.0. The number of methoxy groups -OCH3 is 8. The molecule has 640 valence electrons. The van der Waals surface area contributed by atoms with Gasteiger partial charge in [0.05, 0.1) is 109 Å². The SMILES string of the molecule is CCCC[N+](CCCC)(CCCC)CCCC.CCCC[N+](CCCC)(CCCC)CCCC.COc1ccc(NC(=O)Nc2ccc(OC)cc2)cc1.COc1ccc(NC(=O)Nc2ccc(OC)cc2)cc1.COc1ccc(NC(=O)Nc2ccc(OC)cc2)cc1.COc1ccc(NC(=O)Nc2ccc(OC)cc2)cc1.[F-].[F-]. The molecule has 8 aromatic rings. The van der Waals surface area contributed by atoms with Crippen molar-refractivity contribution in [3.63, 3.8) is 0 Å². The Kier molecular flexibility index (Phi) is 55.4. The summed E-state index contributed by atoms with van der Waals surface area (Å²) in [5.74, 6) is 5.93. The number of benzene rings is 8. The van der Waals surface area contributed by atoms with Crippen LogP contribution in [-0.2, 0) is 0 Å². The average molecular weight is 1610 g/mol. The van der Waals surface area contributed by atoms with Crippen molar-refractivity contribution in [3.05, 3.63) is 194 Å². The molecule has 0 atom stereocenters. The molecule has 0 radical (unpaired) electrons. The van der Waals surface area contributed by atoms with Gasteiger partial charge in [-0.05, 0) is 245 Å². The van der Waals surface area contributed by atoms with Crippen LogP contribution in [0, 0.1) is 0 Å². The molecule has 116 heavy (non-hydrogen) atoms. The van der Waals surface area contributed by atoms with Crippen molar-refractivity contribution in [1.82, 2.24) is 0 Å². The van der Waals surface area contributed by atoms with Crippen LogP contribution in [0.1, 0.15) is 158 Å². The summed E-state index contributed by atoms with van der Waals surface area (Å²) < 4.78 is 43.3. The smallest absolute Gasteiger partial charge is 0.323 e. The molecule has 8 N–H and O–H groups in total. The molecule has 0 spiro atoms. The monoisotopic (exact) mass is 1610 g/mol. The standard InChI is InChI=1S/2C16H36N.4C15H16N2O3.2FH/c2*1-5-9-13-17(14-10-6-2,15-11-7-3)16-12-8-4;4*1-19-13-7-3-11(4-8-13)16-15(18)17-12-5-9-14(20-2)10-6-12;;/h2*5-16H2,1-4H3;4*3-10H,1-2H3,(H2,16,17,18);2*1H/q2*+1;;;;;;/p-2. The van der Waals surface area contributed by atoms with Crippen molar-refractivity contribution in [1.29, 1.82) is 0 Å². The van der Waals surface area contributed by atoms with Gasteiger partial charge in [0.2, 0.25) is 0 Å². The zero-order valence-corrected chi connectivity index (χ0v) is 72.0. The number of unbranched alkanes of at least 4 members (excludes halogenated alkanes) is 8. The largest absolute Gasteiger partial charge is 1.00 e. The predicted molar refractivity (Wildman–Crippen MR) is 473 cm³/mol. The molecule has 0 aromatic heterocycles. The van der Waals surface area contributed by atoms with Crippen molar-refractivity contribution in [3.8, 4) is 46.0 Å². The van der Waals surface area contributed by atoms with Gasteiger partial charge in [-0.1, -0.05) is 107 Å². The highest BCUT2D eigenvalue weighted by molar-refractivity contribution is 6.02. The van der Waals surface area contributed by atoms with Crippen molar-refractivity contribution in [2.75, 3.05) is 152 Å². The third-order valence-corrected chi connectivity index (χ3v) is 18.7. The highest BCUT2D eigenvalue weighted by Crippen LogP contribution is 2.25. The molecular formula is C92H136F2N10O12. The van der Waals surface area contributed by atoms with E-state index in [1.165, 1.54) is 164 Å². The van der Waals surface area contributed by atoms with E-state index in [1.54, 1.807) is 251 Å². The lowest BCUT2D eigenvalue weighted by molar-refractivity contribution is -0.929. The molecule has 0 saturated carbocycles. The minimum absolute atomic E-state index is 0. The van der Waals surface area contributed by atoms with E-state index >= 15 is 0 Å².